The zero-order chi connectivity index (χ0) is 10.6. The molecule has 0 aliphatic heterocycles. The summed E-state index contributed by atoms with van der Waals surface area (Å²) in [7, 11) is 0. The molecule has 1 aromatic heterocycles. The van der Waals surface area contributed by atoms with Crippen LogP contribution in [0, 0.1) is 6.92 Å². The fourth-order valence-corrected chi connectivity index (χ4v) is 1.04. The summed E-state index contributed by atoms with van der Waals surface area (Å²) in [6.07, 6.45) is 2.79. The number of carboxylic acid groups (broad SMARTS) is 1. The lowest BCUT2D eigenvalue weighted by Gasteiger charge is -2.09. The van der Waals surface area contributed by atoms with Crippen LogP contribution in [0.15, 0.2) is 12.4 Å². The quantitative estimate of drug-likeness (QED) is 0.755. The van der Waals surface area contributed by atoms with Crippen molar-refractivity contribution in [2.45, 2.75) is 26.5 Å². The number of nitrogens with zero attached hydrogens (tertiary/aromatic N) is 2. The van der Waals surface area contributed by atoms with Crippen LogP contribution < -0.4 is 0 Å². The van der Waals surface area contributed by atoms with Crippen molar-refractivity contribution in [2.75, 3.05) is 6.61 Å². The van der Waals surface area contributed by atoms with Crippen LogP contribution in [-0.4, -0.2) is 33.3 Å². The van der Waals surface area contributed by atoms with E-state index in [2.05, 4.69) is 4.98 Å². The molecule has 1 atom stereocenters. The van der Waals surface area contributed by atoms with Gasteiger partial charge in [0.1, 0.15) is 5.82 Å². The first-order chi connectivity index (χ1) is 6.61. The zero-order valence-corrected chi connectivity index (χ0v) is 8.30. The highest BCUT2D eigenvalue weighted by molar-refractivity contribution is 5.71. The van der Waals surface area contributed by atoms with Crippen LogP contribution in [0.3, 0.4) is 0 Å². The van der Waals surface area contributed by atoms with E-state index < -0.39 is 12.1 Å². The zero-order valence-electron chi connectivity index (χ0n) is 8.30. The molecule has 78 valence electrons. The molecule has 0 unspecified atom stereocenters. The minimum Gasteiger partial charge on any atom is -0.479 e. The van der Waals surface area contributed by atoms with E-state index in [4.69, 9.17) is 9.84 Å². The van der Waals surface area contributed by atoms with Gasteiger partial charge in [0.2, 0.25) is 0 Å². The lowest BCUT2D eigenvalue weighted by Crippen LogP contribution is -2.22. The number of hydrogen-bond acceptors (Lipinski definition) is 3. The lowest BCUT2D eigenvalue weighted by atomic mass is 10.4. The molecule has 14 heavy (non-hydrogen) atoms. The van der Waals surface area contributed by atoms with Crippen LogP contribution >= 0.6 is 0 Å². The number of ether oxygens (including phenoxy) is 1. The average molecular weight is 198 g/mol. The van der Waals surface area contributed by atoms with Crippen molar-refractivity contribution in [2.24, 2.45) is 0 Å². The third kappa shape index (κ3) is 2.85. The van der Waals surface area contributed by atoms with Crippen molar-refractivity contribution in [3.63, 3.8) is 0 Å². The molecule has 1 aromatic rings. The number of carboxylic acids is 1. The second-order valence-electron chi connectivity index (χ2n) is 3.02. The Morgan fingerprint density at radius 3 is 3.00 bits per heavy atom. The van der Waals surface area contributed by atoms with E-state index in [1.807, 2.05) is 17.7 Å². The highest BCUT2D eigenvalue weighted by Crippen LogP contribution is 1.96. The van der Waals surface area contributed by atoms with Crippen molar-refractivity contribution in [1.29, 1.82) is 0 Å². The van der Waals surface area contributed by atoms with Gasteiger partial charge >= 0.3 is 5.97 Å². The SMILES string of the molecule is Cc1nccn1CCO[C@@H](C)C(=O)O. The maximum Gasteiger partial charge on any atom is 0.332 e. The molecule has 0 radical (unpaired) electrons. The summed E-state index contributed by atoms with van der Waals surface area (Å²) in [4.78, 5) is 14.5. The molecule has 0 aliphatic carbocycles. The lowest BCUT2D eigenvalue weighted by molar-refractivity contribution is -0.149. The average Bonchev–Trinajstić information content (AvgIpc) is 2.51. The van der Waals surface area contributed by atoms with Gasteiger partial charge in [0.25, 0.3) is 0 Å². The van der Waals surface area contributed by atoms with Gasteiger partial charge in [-0.2, -0.15) is 0 Å². The molecule has 1 heterocycles. The molecule has 0 spiro atoms. The van der Waals surface area contributed by atoms with Crippen LogP contribution in [0.25, 0.3) is 0 Å². The molecule has 0 bridgehead atoms. The van der Waals surface area contributed by atoms with E-state index in [0.717, 1.165) is 5.82 Å². The summed E-state index contributed by atoms with van der Waals surface area (Å²) in [5.74, 6) is -0.0380. The Kier molecular flexibility index (Phi) is 3.64. The molecular weight excluding hydrogens is 184 g/mol. The van der Waals surface area contributed by atoms with Crippen molar-refractivity contribution >= 4 is 5.97 Å². The number of carbonyl (C=O) groups is 1. The van der Waals surface area contributed by atoms with Gasteiger partial charge in [0.15, 0.2) is 6.10 Å². The van der Waals surface area contributed by atoms with Crippen LogP contribution in [0.1, 0.15) is 12.7 Å². The predicted octanol–water partition coefficient (Wildman–Crippen LogP) is 0.681. The molecule has 0 saturated heterocycles. The molecule has 1 rings (SSSR count). The molecule has 0 amide bonds. The number of aliphatic carboxylic acids is 1. The molecule has 5 heteroatoms. The second kappa shape index (κ2) is 4.76. The van der Waals surface area contributed by atoms with Crippen molar-refractivity contribution in [1.82, 2.24) is 9.55 Å². The van der Waals surface area contributed by atoms with E-state index in [-0.39, 0.29) is 0 Å². The molecule has 0 aliphatic rings. The van der Waals surface area contributed by atoms with Gasteiger partial charge in [-0.05, 0) is 13.8 Å². The smallest absolute Gasteiger partial charge is 0.332 e. The topological polar surface area (TPSA) is 64.4 Å². The Labute approximate surface area is 82.3 Å². The van der Waals surface area contributed by atoms with Crippen molar-refractivity contribution < 1.29 is 14.6 Å². The normalized spacial score (nSPS) is 12.7. The third-order valence-electron chi connectivity index (χ3n) is 1.97. The van der Waals surface area contributed by atoms with Gasteiger partial charge in [-0.3, -0.25) is 0 Å². The van der Waals surface area contributed by atoms with Gasteiger partial charge in [-0.25, -0.2) is 9.78 Å². The van der Waals surface area contributed by atoms with E-state index in [0.29, 0.717) is 13.2 Å². The Morgan fingerprint density at radius 1 is 1.79 bits per heavy atom. The third-order valence-corrected chi connectivity index (χ3v) is 1.97. The Morgan fingerprint density at radius 2 is 2.50 bits per heavy atom. The minimum atomic E-state index is -0.938. The number of aryl methyl sites for hydroxylation is 1. The Hall–Kier alpha value is -1.36. The molecule has 0 aromatic carbocycles. The largest absolute Gasteiger partial charge is 0.479 e. The van der Waals surface area contributed by atoms with Gasteiger partial charge in [-0.1, -0.05) is 0 Å². The molecule has 5 nitrogen and oxygen atoms in total. The van der Waals surface area contributed by atoms with E-state index in [1.165, 1.54) is 6.92 Å². The summed E-state index contributed by atoms with van der Waals surface area (Å²) in [5.41, 5.74) is 0. The van der Waals surface area contributed by atoms with Crippen LogP contribution in [-0.2, 0) is 16.1 Å². The molecule has 1 N–H and O–H groups in total. The summed E-state index contributed by atoms with van der Waals surface area (Å²) < 4.78 is 6.99. The predicted molar refractivity (Wildman–Crippen MR) is 50.0 cm³/mol. The van der Waals surface area contributed by atoms with Crippen LogP contribution in [0.5, 0.6) is 0 Å². The van der Waals surface area contributed by atoms with Crippen LogP contribution in [0.2, 0.25) is 0 Å². The molecular formula is C9H14N2O3. The van der Waals surface area contributed by atoms with Gasteiger partial charge in [0, 0.05) is 18.9 Å². The van der Waals surface area contributed by atoms with Gasteiger partial charge in [-0.15, -0.1) is 0 Å². The second-order valence-corrected chi connectivity index (χ2v) is 3.02. The standard InChI is InChI=1S/C9H14N2O3/c1-7(9(12)13)14-6-5-11-4-3-10-8(11)2/h3-4,7H,5-6H2,1-2H3,(H,12,13)/t7-/m0/s1. The van der Waals surface area contributed by atoms with E-state index >= 15 is 0 Å². The van der Waals surface area contributed by atoms with Gasteiger partial charge in [0.05, 0.1) is 6.61 Å². The molecule has 0 saturated carbocycles. The van der Waals surface area contributed by atoms with Crippen molar-refractivity contribution in [3.8, 4) is 0 Å². The van der Waals surface area contributed by atoms with E-state index in [1.54, 1.807) is 6.20 Å². The number of rotatable bonds is 5. The van der Waals surface area contributed by atoms with Crippen molar-refractivity contribution in [3.05, 3.63) is 18.2 Å². The monoisotopic (exact) mass is 198 g/mol. The molecule has 0 fully saturated rings. The maximum absolute atomic E-state index is 10.4. The highest BCUT2D eigenvalue weighted by atomic mass is 16.5. The van der Waals surface area contributed by atoms with Gasteiger partial charge < -0.3 is 14.4 Å². The first-order valence-electron chi connectivity index (χ1n) is 4.43. The first kappa shape index (κ1) is 10.7. The summed E-state index contributed by atoms with van der Waals surface area (Å²) in [5, 5.41) is 8.55. The Bertz CT molecular complexity index is 309. The summed E-state index contributed by atoms with van der Waals surface area (Å²) in [6.45, 7) is 4.41. The number of hydrogen-bond donors (Lipinski definition) is 1. The van der Waals surface area contributed by atoms with E-state index in [9.17, 15) is 4.79 Å². The first-order valence-corrected chi connectivity index (χ1v) is 4.43. The number of aromatic nitrogens is 2. The van der Waals surface area contributed by atoms with Crippen LogP contribution in [0.4, 0.5) is 0 Å². The minimum absolute atomic E-state index is 0.380. The maximum atomic E-state index is 10.4. The Balaban J connectivity index is 2.29. The fourth-order valence-electron chi connectivity index (χ4n) is 1.04. The summed E-state index contributed by atoms with van der Waals surface area (Å²) in [6, 6.07) is 0. The highest BCUT2D eigenvalue weighted by Gasteiger charge is 2.10. The number of imidazole rings is 1. The fraction of sp³-hybridized carbons (Fsp3) is 0.556. The summed E-state index contributed by atoms with van der Waals surface area (Å²) >= 11 is 0.